The van der Waals surface area contributed by atoms with E-state index in [1.807, 2.05) is 18.2 Å². The maximum Gasteiger partial charge on any atom is 0.255 e. The normalized spacial score (nSPS) is 14.2. The van der Waals surface area contributed by atoms with E-state index in [4.69, 9.17) is 27.9 Å². The molecule has 0 bridgehead atoms. The van der Waals surface area contributed by atoms with Crippen LogP contribution in [0, 0.1) is 6.92 Å². The molecule has 2 aromatic carbocycles. The van der Waals surface area contributed by atoms with Crippen LogP contribution in [0.5, 0.6) is 11.5 Å². The fourth-order valence-corrected chi connectivity index (χ4v) is 3.85. The highest BCUT2D eigenvalue weighted by molar-refractivity contribution is 6.35. The smallest absolute Gasteiger partial charge is 0.255 e. The predicted molar refractivity (Wildman–Crippen MR) is 120 cm³/mol. The van der Waals surface area contributed by atoms with Crippen molar-refractivity contribution >= 4 is 29.1 Å². The maximum absolute atomic E-state index is 14.7. The fraction of sp³-hybridized carbons (Fsp3) is 0.250. The van der Waals surface area contributed by atoms with Gasteiger partial charge in [0.1, 0.15) is 11.9 Å². The number of hydrogen-bond acceptors (Lipinski definition) is 3. The summed E-state index contributed by atoms with van der Waals surface area (Å²) in [6.07, 6.45) is 2.41. The van der Waals surface area contributed by atoms with Crippen molar-refractivity contribution in [2.75, 3.05) is 6.54 Å². The Morgan fingerprint density at radius 3 is 2.77 bits per heavy atom. The first-order chi connectivity index (χ1) is 14.9. The second-order valence-electron chi connectivity index (χ2n) is 7.61. The second kappa shape index (κ2) is 9.25. The van der Waals surface area contributed by atoms with Crippen LogP contribution in [0.15, 0.2) is 54.7 Å². The number of carbonyl (C=O) groups excluding carboxylic acids is 1. The zero-order valence-corrected chi connectivity index (χ0v) is 18.4. The van der Waals surface area contributed by atoms with Crippen molar-refractivity contribution in [2.24, 2.45) is 0 Å². The van der Waals surface area contributed by atoms with Crippen LogP contribution >= 0.6 is 23.2 Å². The molecular weight excluding hydrogens is 438 g/mol. The van der Waals surface area contributed by atoms with Crippen LogP contribution in [0.2, 0.25) is 10.0 Å². The summed E-state index contributed by atoms with van der Waals surface area (Å²) < 4.78 is 20.6. The van der Waals surface area contributed by atoms with Gasteiger partial charge in [-0.2, -0.15) is 0 Å². The van der Waals surface area contributed by atoms with Gasteiger partial charge in [0.25, 0.3) is 5.91 Å². The van der Waals surface area contributed by atoms with E-state index in [0.29, 0.717) is 33.7 Å². The second-order valence-corrected chi connectivity index (χ2v) is 8.46. The molecular formula is C24H21Cl2FN2O2. The first kappa shape index (κ1) is 21.6. The SMILES string of the molecule is Cc1cc(C(=O)NC[C@H](F)c2ccc(Cl)cc2Cl)c(Oc2cccc(C3CC3)c2)cn1. The number of alkyl halides is 1. The van der Waals surface area contributed by atoms with Crippen LogP contribution in [0.4, 0.5) is 4.39 Å². The standard InChI is InChI=1S/C24H21Cl2FN2O2/c1-14-9-20(24(30)29-12-22(27)19-8-7-17(25)11-21(19)26)23(13-28-14)31-18-4-2-3-16(10-18)15-5-6-15/h2-4,7-11,13,15,22H,5-6,12H2,1H3,(H,29,30)/t22-/m0/s1. The highest BCUT2D eigenvalue weighted by Crippen LogP contribution is 2.41. The molecule has 160 valence electrons. The number of benzene rings is 2. The lowest BCUT2D eigenvalue weighted by Crippen LogP contribution is -2.27. The third kappa shape index (κ3) is 5.35. The zero-order chi connectivity index (χ0) is 22.0. The van der Waals surface area contributed by atoms with Crippen LogP contribution in [-0.4, -0.2) is 17.4 Å². The molecule has 1 heterocycles. The summed E-state index contributed by atoms with van der Waals surface area (Å²) in [6, 6.07) is 14.0. The molecule has 1 amide bonds. The van der Waals surface area contributed by atoms with E-state index in [0.717, 1.165) is 0 Å². The Kier molecular flexibility index (Phi) is 6.44. The van der Waals surface area contributed by atoms with Gasteiger partial charge in [-0.1, -0.05) is 41.4 Å². The van der Waals surface area contributed by atoms with Crippen molar-refractivity contribution in [3.8, 4) is 11.5 Å². The highest BCUT2D eigenvalue weighted by Gasteiger charge is 2.24. The van der Waals surface area contributed by atoms with Crippen LogP contribution in [0.25, 0.3) is 0 Å². The number of nitrogens with one attached hydrogen (secondary N) is 1. The quantitative estimate of drug-likeness (QED) is 0.423. The Morgan fingerprint density at radius 2 is 2.03 bits per heavy atom. The molecule has 0 unspecified atom stereocenters. The van der Waals surface area contributed by atoms with E-state index in [1.165, 1.54) is 36.7 Å². The van der Waals surface area contributed by atoms with Crippen molar-refractivity contribution in [2.45, 2.75) is 31.9 Å². The molecule has 1 aliphatic carbocycles. The molecule has 1 aliphatic rings. The molecule has 1 fully saturated rings. The molecule has 0 saturated heterocycles. The van der Waals surface area contributed by atoms with Gasteiger partial charge < -0.3 is 10.1 Å². The van der Waals surface area contributed by atoms with Gasteiger partial charge in [0.2, 0.25) is 0 Å². The number of amides is 1. The van der Waals surface area contributed by atoms with E-state index in [2.05, 4.69) is 16.4 Å². The Hall–Kier alpha value is -2.63. The Labute approximate surface area is 190 Å². The summed E-state index contributed by atoms with van der Waals surface area (Å²) >= 11 is 11.9. The molecule has 4 nitrogen and oxygen atoms in total. The number of pyridine rings is 1. The lowest BCUT2D eigenvalue weighted by Gasteiger charge is -2.15. The van der Waals surface area contributed by atoms with E-state index in [1.54, 1.807) is 19.1 Å². The first-order valence-electron chi connectivity index (χ1n) is 10.0. The third-order valence-corrected chi connectivity index (χ3v) is 5.69. The molecule has 0 aliphatic heterocycles. The minimum Gasteiger partial charge on any atom is -0.455 e. The van der Waals surface area contributed by atoms with E-state index in [-0.39, 0.29) is 17.1 Å². The van der Waals surface area contributed by atoms with Gasteiger partial charge in [-0.3, -0.25) is 9.78 Å². The zero-order valence-electron chi connectivity index (χ0n) is 16.9. The molecule has 7 heteroatoms. The largest absolute Gasteiger partial charge is 0.455 e. The number of aryl methyl sites for hydroxylation is 1. The van der Waals surface area contributed by atoms with E-state index in [9.17, 15) is 9.18 Å². The Bertz CT molecular complexity index is 1120. The van der Waals surface area contributed by atoms with Crippen LogP contribution < -0.4 is 10.1 Å². The van der Waals surface area contributed by atoms with Crippen molar-refractivity contribution in [3.05, 3.63) is 87.2 Å². The fourth-order valence-electron chi connectivity index (χ4n) is 3.32. The van der Waals surface area contributed by atoms with Crippen LogP contribution in [-0.2, 0) is 0 Å². The van der Waals surface area contributed by atoms with Gasteiger partial charge in [-0.15, -0.1) is 0 Å². The molecule has 1 atom stereocenters. The molecule has 3 aromatic rings. The van der Waals surface area contributed by atoms with Gasteiger partial charge in [0, 0.05) is 21.3 Å². The van der Waals surface area contributed by atoms with Crippen LogP contribution in [0.1, 0.15) is 52.1 Å². The number of aromatic nitrogens is 1. The lowest BCUT2D eigenvalue weighted by atomic mass is 10.1. The molecule has 1 saturated carbocycles. The van der Waals surface area contributed by atoms with Gasteiger partial charge in [0.05, 0.1) is 18.3 Å². The van der Waals surface area contributed by atoms with Gasteiger partial charge in [0.15, 0.2) is 5.75 Å². The number of halogens is 3. The maximum atomic E-state index is 14.7. The summed E-state index contributed by atoms with van der Waals surface area (Å²) in [6.45, 7) is 1.54. The minimum absolute atomic E-state index is 0.216. The number of ether oxygens (including phenoxy) is 1. The summed E-state index contributed by atoms with van der Waals surface area (Å²) in [5.74, 6) is 1.09. The van der Waals surface area contributed by atoms with E-state index >= 15 is 0 Å². The average Bonchev–Trinajstić information content (AvgIpc) is 3.59. The minimum atomic E-state index is -1.48. The molecule has 4 rings (SSSR count). The van der Waals surface area contributed by atoms with Gasteiger partial charge in [-0.25, -0.2) is 4.39 Å². The number of hydrogen-bond donors (Lipinski definition) is 1. The number of rotatable bonds is 7. The van der Waals surface area contributed by atoms with Crippen LogP contribution in [0.3, 0.4) is 0 Å². The van der Waals surface area contributed by atoms with Crippen molar-refractivity contribution in [1.82, 2.24) is 10.3 Å². The monoisotopic (exact) mass is 458 g/mol. The lowest BCUT2D eigenvalue weighted by molar-refractivity contribution is 0.0939. The molecule has 0 radical (unpaired) electrons. The molecule has 0 spiro atoms. The topological polar surface area (TPSA) is 51.2 Å². The van der Waals surface area contributed by atoms with Crippen molar-refractivity contribution < 1.29 is 13.9 Å². The molecule has 31 heavy (non-hydrogen) atoms. The number of carbonyl (C=O) groups is 1. The Balaban J connectivity index is 1.48. The van der Waals surface area contributed by atoms with Crippen molar-refractivity contribution in [1.29, 1.82) is 0 Å². The Morgan fingerprint density at radius 1 is 1.23 bits per heavy atom. The van der Waals surface area contributed by atoms with E-state index < -0.39 is 12.1 Å². The number of nitrogens with zero attached hydrogens (tertiary/aromatic N) is 1. The van der Waals surface area contributed by atoms with Gasteiger partial charge >= 0.3 is 0 Å². The average molecular weight is 459 g/mol. The predicted octanol–water partition coefficient (Wildman–Crippen LogP) is 6.81. The highest BCUT2D eigenvalue weighted by atomic mass is 35.5. The molecule has 1 aromatic heterocycles. The first-order valence-corrected chi connectivity index (χ1v) is 10.8. The van der Waals surface area contributed by atoms with Gasteiger partial charge in [-0.05, 0) is 61.6 Å². The summed E-state index contributed by atoms with van der Waals surface area (Å²) in [5.41, 5.74) is 2.44. The summed E-state index contributed by atoms with van der Waals surface area (Å²) in [7, 11) is 0. The summed E-state index contributed by atoms with van der Waals surface area (Å²) in [4.78, 5) is 17.1. The third-order valence-electron chi connectivity index (χ3n) is 5.13. The summed E-state index contributed by atoms with van der Waals surface area (Å²) in [5, 5.41) is 3.26. The van der Waals surface area contributed by atoms with Crippen molar-refractivity contribution in [3.63, 3.8) is 0 Å². The molecule has 1 N–H and O–H groups in total.